The fourth-order valence-corrected chi connectivity index (χ4v) is 1.22. The Bertz CT molecular complexity index is 319. The third-order valence-electron chi connectivity index (χ3n) is 1.38. The molecule has 0 saturated heterocycles. The van der Waals surface area contributed by atoms with Crippen LogP contribution in [-0.2, 0) is 23.8 Å². The van der Waals surface area contributed by atoms with Crippen molar-refractivity contribution in [3.05, 3.63) is 0 Å². The van der Waals surface area contributed by atoms with Gasteiger partial charge < -0.3 is 9.47 Å². The van der Waals surface area contributed by atoms with Gasteiger partial charge in [0.1, 0.15) is 0 Å². The number of hydrogen-bond donors (Lipinski definition) is 0. The molecule has 0 aliphatic rings. The van der Waals surface area contributed by atoms with Crippen molar-refractivity contribution in [3.8, 4) is 11.8 Å². The van der Waals surface area contributed by atoms with Crippen LogP contribution in [0.15, 0.2) is 0 Å². The molecule has 5 nitrogen and oxygen atoms in total. The van der Waals surface area contributed by atoms with Crippen LogP contribution in [-0.4, -0.2) is 40.8 Å². The molecule has 0 fully saturated rings. The van der Waals surface area contributed by atoms with Crippen LogP contribution in [0.1, 0.15) is 20.3 Å². The van der Waals surface area contributed by atoms with E-state index in [9.17, 15) is 8.42 Å². The van der Waals surface area contributed by atoms with Crippen molar-refractivity contribution in [2.24, 2.45) is 0 Å². The van der Waals surface area contributed by atoms with Crippen LogP contribution in [0.25, 0.3) is 0 Å². The van der Waals surface area contributed by atoms with Crippen molar-refractivity contribution >= 4 is 10.1 Å². The Balaban J connectivity index is 3.87. The number of hydrogen-bond acceptors (Lipinski definition) is 5. The topological polar surface area (TPSA) is 61.8 Å². The lowest BCUT2D eigenvalue weighted by Gasteiger charge is -2.09. The first-order valence-electron chi connectivity index (χ1n) is 5.05. The lowest BCUT2D eigenvalue weighted by molar-refractivity contribution is -0.0970. The fraction of sp³-hybridized carbons (Fsp3) is 0.800. The molecule has 0 atom stereocenters. The second-order valence-electron chi connectivity index (χ2n) is 2.84. The third kappa shape index (κ3) is 9.93. The van der Waals surface area contributed by atoms with E-state index >= 15 is 0 Å². The summed E-state index contributed by atoms with van der Waals surface area (Å²) in [6.45, 7) is 4.77. The Kier molecular flexibility index (Phi) is 8.21. The van der Waals surface area contributed by atoms with Crippen molar-refractivity contribution in [3.63, 3.8) is 0 Å². The molecule has 6 heteroatoms. The number of rotatable bonds is 7. The SMILES string of the molecule is CCOC(C#CCCOS(C)(=O)=O)OCC. The summed E-state index contributed by atoms with van der Waals surface area (Å²) in [6.07, 6.45) is 0.779. The van der Waals surface area contributed by atoms with E-state index < -0.39 is 16.4 Å². The second-order valence-corrected chi connectivity index (χ2v) is 4.48. The van der Waals surface area contributed by atoms with Gasteiger partial charge in [0.15, 0.2) is 0 Å². The van der Waals surface area contributed by atoms with Gasteiger partial charge in [0, 0.05) is 19.6 Å². The van der Waals surface area contributed by atoms with E-state index in [1.165, 1.54) is 0 Å². The maximum atomic E-state index is 10.6. The van der Waals surface area contributed by atoms with E-state index in [1.54, 1.807) is 0 Å². The summed E-state index contributed by atoms with van der Waals surface area (Å²) in [5.41, 5.74) is 0. The first kappa shape index (κ1) is 15.4. The molecule has 0 saturated carbocycles. The predicted octanol–water partition coefficient (Wildman–Crippen LogP) is 0.755. The Labute approximate surface area is 97.2 Å². The van der Waals surface area contributed by atoms with E-state index in [-0.39, 0.29) is 6.61 Å². The van der Waals surface area contributed by atoms with Crippen LogP contribution in [0.2, 0.25) is 0 Å². The summed E-state index contributed by atoms with van der Waals surface area (Å²) in [7, 11) is -3.38. The van der Waals surface area contributed by atoms with Crippen LogP contribution in [0.3, 0.4) is 0 Å². The molecule has 94 valence electrons. The molecular weight excluding hydrogens is 232 g/mol. The van der Waals surface area contributed by atoms with Crippen molar-refractivity contribution in [2.75, 3.05) is 26.1 Å². The van der Waals surface area contributed by atoms with Gasteiger partial charge in [-0.1, -0.05) is 5.92 Å². The van der Waals surface area contributed by atoms with Crippen molar-refractivity contribution < 1.29 is 22.1 Å². The van der Waals surface area contributed by atoms with E-state index in [4.69, 9.17) is 9.47 Å². The molecule has 0 aromatic carbocycles. The zero-order chi connectivity index (χ0) is 12.4. The summed E-state index contributed by atoms with van der Waals surface area (Å²) in [6, 6.07) is 0. The molecular formula is C10H18O5S. The highest BCUT2D eigenvalue weighted by Crippen LogP contribution is 1.94. The molecule has 0 heterocycles. The Morgan fingerprint density at radius 2 is 1.75 bits per heavy atom. The van der Waals surface area contributed by atoms with Crippen molar-refractivity contribution in [1.82, 2.24) is 0 Å². The Morgan fingerprint density at radius 3 is 2.19 bits per heavy atom. The van der Waals surface area contributed by atoms with Crippen LogP contribution in [0.4, 0.5) is 0 Å². The van der Waals surface area contributed by atoms with Crippen molar-refractivity contribution in [2.45, 2.75) is 26.6 Å². The largest absolute Gasteiger partial charge is 0.342 e. The number of ether oxygens (including phenoxy) is 2. The van der Waals surface area contributed by atoms with E-state index in [0.29, 0.717) is 19.6 Å². The molecule has 0 aromatic rings. The third-order valence-corrected chi connectivity index (χ3v) is 1.98. The second kappa shape index (κ2) is 8.53. The standard InChI is InChI=1S/C10H18O5S/c1-4-13-10(14-5-2)8-6-7-9-15-16(3,11)12/h10H,4-5,7,9H2,1-3H3. The minimum absolute atomic E-state index is 0.0524. The maximum absolute atomic E-state index is 10.6. The molecule has 0 bridgehead atoms. The Morgan fingerprint density at radius 1 is 1.19 bits per heavy atom. The lowest BCUT2D eigenvalue weighted by Crippen LogP contribution is -2.14. The molecule has 0 aliphatic carbocycles. The molecule has 0 N–H and O–H groups in total. The van der Waals surface area contributed by atoms with Crippen molar-refractivity contribution in [1.29, 1.82) is 0 Å². The van der Waals surface area contributed by atoms with E-state index in [1.807, 2.05) is 13.8 Å². The molecule has 16 heavy (non-hydrogen) atoms. The van der Waals surface area contributed by atoms with E-state index in [0.717, 1.165) is 6.26 Å². The van der Waals surface area contributed by atoms with Gasteiger partial charge in [-0.3, -0.25) is 4.18 Å². The molecule has 0 radical (unpaired) electrons. The first-order chi connectivity index (χ1) is 7.49. The van der Waals surface area contributed by atoms with Crippen LogP contribution in [0, 0.1) is 11.8 Å². The lowest BCUT2D eigenvalue weighted by atomic mass is 10.4. The minimum Gasteiger partial charge on any atom is -0.342 e. The highest BCUT2D eigenvalue weighted by atomic mass is 32.2. The summed E-state index contributed by atoms with van der Waals surface area (Å²) >= 11 is 0. The van der Waals surface area contributed by atoms with Gasteiger partial charge in [0.05, 0.1) is 12.9 Å². The van der Waals surface area contributed by atoms with Gasteiger partial charge in [0.25, 0.3) is 10.1 Å². The summed E-state index contributed by atoms with van der Waals surface area (Å²) in [5, 5.41) is 0. The molecule has 0 aliphatic heterocycles. The predicted molar refractivity (Wildman–Crippen MR) is 60.2 cm³/mol. The fourth-order valence-electron chi connectivity index (χ4n) is 0.834. The molecule has 0 amide bonds. The zero-order valence-corrected chi connectivity index (χ0v) is 10.7. The average Bonchev–Trinajstić information content (AvgIpc) is 2.16. The monoisotopic (exact) mass is 250 g/mol. The Hall–Kier alpha value is -0.610. The first-order valence-corrected chi connectivity index (χ1v) is 6.87. The molecule has 0 spiro atoms. The van der Waals surface area contributed by atoms with Crippen LogP contribution < -0.4 is 0 Å². The smallest absolute Gasteiger partial charge is 0.264 e. The zero-order valence-electron chi connectivity index (χ0n) is 9.86. The molecule has 0 rings (SSSR count). The van der Waals surface area contributed by atoms with Crippen LogP contribution >= 0.6 is 0 Å². The van der Waals surface area contributed by atoms with Crippen LogP contribution in [0.5, 0.6) is 0 Å². The van der Waals surface area contributed by atoms with Gasteiger partial charge in [-0.15, -0.1) is 0 Å². The van der Waals surface area contributed by atoms with Gasteiger partial charge >= 0.3 is 0 Å². The van der Waals surface area contributed by atoms with Gasteiger partial charge in [0.2, 0.25) is 6.29 Å². The average molecular weight is 250 g/mol. The van der Waals surface area contributed by atoms with E-state index in [2.05, 4.69) is 16.0 Å². The quantitative estimate of drug-likeness (QED) is 0.289. The molecule has 0 unspecified atom stereocenters. The summed E-state index contributed by atoms with van der Waals surface area (Å²) < 4.78 is 36.1. The highest BCUT2D eigenvalue weighted by Gasteiger charge is 2.02. The van der Waals surface area contributed by atoms with Gasteiger partial charge in [-0.05, 0) is 19.8 Å². The van der Waals surface area contributed by atoms with Gasteiger partial charge in [-0.2, -0.15) is 8.42 Å². The summed E-state index contributed by atoms with van der Waals surface area (Å²) in [5.74, 6) is 5.48. The molecule has 0 aromatic heterocycles. The minimum atomic E-state index is -3.38. The maximum Gasteiger partial charge on any atom is 0.264 e. The normalized spacial score (nSPS) is 11.2. The summed E-state index contributed by atoms with van der Waals surface area (Å²) in [4.78, 5) is 0. The highest BCUT2D eigenvalue weighted by molar-refractivity contribution is 7.85. The van der Waals surface area contributed by atoms with Gasteiger partial charge in [-0.25, -0.2) is 0 Å².